The van der Waals surface area contributed by atoms with Gasteiger partial charge in [-0.2, -0.15) is 0 Å². The number of carbonyl (C=O) groups is 1. The molecule has 0 bridgehead atoms. The number of halogens is 3. The second-order valence-electron chi connectivity index (χ2n) is 3.09. The van der Waals surface area contributed by atoms with Crippen molar-refractivity contribution in [3.63, 3.8) is 0 Å². The average Bonchev–Trinajstić information content (AvgIpc) is 2.21. The number of benzene rings is 1. The Bertz CT molecular complexity index is 386. The minimum atomic E-state index is -1.37. The molecule has 0 aliphatic carbocycles. The van der Waals surface area contributed by atoms with Crippen LogP contribution in [0.5, 0.6) is 0 Å². The van der Waals surface area contributed by atoms with E-state index in [9.17, 15) is 14.3 Å². The number of rotatable bonds is 3. The number of esters is 1. The molecule has 1 aromatic carbocycles. The number of hydrogen-bond acceptors (Lipinski definition) is 3. The van der Waals surface area contributed by atoms with Crippen molar-refractivity contribution in [2.75, 3.05) is 7.11 Å². The van der Waals surface area contributed by atoms with Crippen LogP contribution in [-0.2, 0) is 16.0 Å². The highest BCUT2D eigenvalue weighted by Gasteiger charge is 2.19. The second kappa shape index (κ2) is 5.48. The summed E-state index contributed by atoms with van der Waals surface area (Å²) in [5, 5.41) is 9.53. The molecule has 16 heavy (non-hydrogen) atoms. The Morgan fingerprint density at radius 2 is 2.00 bits per heavy atom. The van der Waals surface area contributed by atoms with Gasteiger partial charge < -0.3 is 9.84 Å². The molecular formula is C10H9Cl2FO3. The zero-order valence-corrected chi connectivity index (χ0v) is 9.85. The first kappa shape index (κ1) is 13.2. The summed E-state index contributed by atoms with van der Waals surface area (Å²) in [5.41, 5.74) is 0.308. The molecule has 1 N–H and O–H groups in total. The molecule has 1 atom stereocenters. The first-order valence-electron chi connectivity index (χ1n) is 4.35. The lowest BCUT2D eigenvalue weighted by atomic mass is 10.1. The van der Waals surface area contributed by atoms with Crippen molar-refractivity contribution >= 4 is 29.2 Å². The molecule has 0 saturated heterocycles. The lowest BCUT2D eigenvalue weighted by Gasteiger charge is -2.11. The van der Waals surface area contributed by atoms with Crippen LogP contribution in [0.1, 0.15) is 5.56 Å². The number of aliphatic hydroxyl groups is 1. The summed E-state index contributed by atoms with van der Waals surface area (Å²) in [5.74, 6) is -1.37. The second-order valence-corrected chi connectivity index (χ2v) is 3.91. The van der Waals surface area contributed by atoms with Gasteiger partial charge in [0.15, 0.2) is 6.10 Å². The molecule has 0 aliphatic heterocycles. The SMILES string of the molecule is COC(=O)C(O)Cc1c(Cl)cc(F)cc1Cl. The average molecular weight is 267 g/mol. The zero-order valence-electron chi connectivity index (χ0n) is 8.34. The molecule has 0 fully saturated rings. The monoisotopic (exact) mass is 266 g/mol. The van der Waals surface area contributed by atoms with Gasteiger partial charge in [-0.05, 0) is 17.7 Å². The first-order valence-corrected chi connectivity index (χ1v) is 5.10. The van der Waals surface area contributed by atoms with E-state index in [-0.39, 0.29) is 16.5 Å². The minimum absolute atomic E-state index is 0.0629. The van der Waals surface area contributed by atoms with E-state index in [1.807, 2.05) is 0 Å². The van der Waals surface area contributed by atoms with Crippen LogP contribution in [-0.4, -0.2) is 24.3 Å². The largest absolute Gasteiger partial charge is 0.467 e. The van der Waals surface area contributed by atoms with Crippen LogP contribution < -0.4 is 0 Å². The van der Waals surface area contributed by atoms with Gasteiger partial charge in [-0.25, -0.2) is 9.18 Å². The molecule has 1 rings (SSSR count). The molecule has 0 heterocycles. The highest BCUT2D eigenvalue weighted by Crippen LogP contribution is 2.27. The molecule has 0 aromatic heterocycles. The van der Waals surface area contributed by atoms with E-state index in [2.05, 4.69) is 4.74 Å². The Morgan fingerprint density at radius 3 is 2.44 bits per heavy atom. The molecule has 6 heteroatoms. The summed E-state index contributed by atoms with van der Waals surface area (Å²) < 4.78 is 17.2. The molecule has 0 amide bonds. The lowest BCUT2D eigenvalue weighted by molar-refractivity contribution is -0.150. The maximum Gasteiger partial charge on any atom is 0.335 e. The van der Waals surface area contributed by atoms with E-state index >= 15 is 0 Å². The molecular weight excluding hydrogens is 258 g/mol. The van der Waals surface area contributed by atoms with Crippen LogP contribution >= 0.6 is 23.2 Å². The molecule has 3 nitrogen and oxygen atoms in total. The van der Waals surface area contributed by atoms with Crippen molar-refractivity contribution in [3.8, 4) is 0 Å². The summed E-state index contributed by atoms with van der Waals surface area (Å²) in [4.78, 5) is 11.0. The summed E-state index contributed by atoms with van der Waals surface area (Å²) in [6, 6.07) is 2.12. The third kappa shape index (κ3) is 3.07. The van der Waals surface area contributed by atoms with Crippen molar-refractivity contribution < 1.29 is 19.0 Å². The number of methoxy groups -OCH3 is 1. The van der Waals surface area contributed by atoms with E-state index in [1.54, 1.807) is 0 Å². The highest BCUT2D eigenvalue weighted by molar-refractivity contribution is 6.36. The number of carbonyl (C=O) groups excluding carboxylic acids is 1. The zero-order chi connectivity index (χ0) is 12.3. The topological polar surface area (TPSA) is 46.5 Å². The van der Waals surface area contributed by atoms with Gasteiger partial charge in [-0.15, -0.1) is 0 Å². The molecule has 0 aliphatic rings. The van der Waals surface area contributed by atoms with Gasteiger partial charge in [-0.3, -0.25) is 0 Å². The summed E-state index contributed by atoms with van der Waals surface area (Å²) >= 11 is 11.5. The predicted molar refractivity (Wildman–Crippen MR) is 58.1 cm³/mol. The highest BCUT2D eigenvalue weighted by atomic mass is 35.5. The van der Waals surface area contributed by atoms with Crippen LogP contribution in [0.4, 0.5) is 4.39 Å². The first-order chi connectivity index (χ1) is 7.45. The summed E-state index contributed by atoms with van der Waals surface area (Å²) in [6.07, 6.45) is -1.49. The van der Waals surface area contributed by atoms with E-state index in [4.69, 9.17) is 23.2 Å². The third-order valence-electron chi connectivity index (χ3n) is 1.98. The van der Waals surface area contributed by atoms with E-state index in [0.29, 0.717) is 5.56 Å². The maximum atomic E-state index is 12.8. The quantitative estimate of drug-likeness (QED) is 0.854. The fourth-order valence-corrected chi connectivity index (χ4v) is 1.79. The van der Waals surface area contributed by atoms with E-state index < -0.39 is 17.9 Å². The van der Waals surface area contributed by atoms with E-state index in [1.165, 1.54) is 0 Å². The molecule has 0 saturated carbocycles. The molecule has 88 valence electrons. The van der Waals surface area contributed by atoms with Crippen LogP contribution in [0.25, 0.3) is 0 Å². The third-order valence-corrected chi connectivity index (χ3v) is 2.65. The smallest absolute Gasteiger partial charge is 0.335 e. The Morgan fingerprint density at radius 1 is 1.50 bits per heavy atom. The number of hydrogen-bond donors (Lipinski definition) is 1. The van der Waals surface area contributed by atoms with Crippen molar-refractivity contribution in [2.24, 2.45) is 0 Å². The van der Waals surface area contributed by atoms with Crippen LogP contribution in [0, 0.1) is 5.82 Å². The van der Waals surface area contributed by atoms with Crippen molar-refractivity contribution in [3.05, 3.63) is 33.6 Å². The van der Waals surface area contributed by atoms with Crippen LogP contribution in [0.15, 0.2) is 12.1 Å². The normalized spacial score (nSPS) is 12.3. The maximum absolute atomic E-state index is 12.8. The van der Waals surface area contributed by atoms with Crippen molar-refractivity contribution in [1.29, 1.82) is 0 Å². The van der Waals surface area contributed by atoms with Gasteiger partial charge in [0.05, 0.1) is 7.11 Å². The van der Waals surface area contributed by atoms with Crippen LogP contribution in [0.3, 0.4) is 0 Å². The lowest BCUT2D eigenvalue weighted by Crippen LogP contribution is -2.24. The van der Waals surface area contributed by atoms with Gasteiger partial charge in [0.25, 0.3) is 0 Å². The van der Waals surface area contributed by atoms with Gasteiger partial charge in [0, 0.05) is 16.5 Å². The summed E-state index contributed by atoms with van der Waals surface area (Å²) in [7, 11) is 1.15. The Kier molecular flexibility index (Phi) is 4.53. The predicted octanol–water partition coefficient (Wildman–Crippen LogP) is 2.21. The van der Waals surface area contributed by atoms with Gasteiger partial charge in [0.1, 0.15) is 5.82 Å². The standard InChI is InChI=1S/C10H9Cl2FO3/c1-16-10(15)9(14)4-6-7(11)2-5(13)3-8(6)12/h2-3,9,14H,4H2,1H3. The van der Waals surface area contributed by atoms with Gasteiger partial charge in [0.2, 0.25) is 0 Å². The van der Waals surface area contributed by atoms with Gasteiger partial charge in [-0.1, -0.05) is 23.2 Å². The molecule has 1 aromatic rings. The Balaban J connectivity index is 2.93. The molecule has 0 radical (unpaired) electrons. The summed E-state index contributed by atoms with van der Waals surface area (Å²) in [6.45, 7) is 0. The van der Waals surface area contributed by atoms with Crippen molar-refractivity contribution in [1.82, 2.24) is 0 Å². The minimum Gasteiger partial charge on any atom is -0.467 e. The fraction of sp³-hybridized carbons (Fsp3) is 0.300. The number of ether oxygens (including phenoxy) is 1. The Labute approximate surface area is 102 Å². The van der Waals surface area contributed by atoms with Crippen molar-refractivity contribution in [2.45, 2.75) is 12.5 Å². The molecule has 0 spiro atoms. The fourth-order valence-electron chi connectivity index (χ4n) is 1.18. The number of aliphatic hydroxyl groups excluding tert-OH is 1. The molecule has 1 unspecified atom stereocenters. The Hall–Kier alpha value is -0.840. The van der Waals surface area contributed by atoms with E-state index in [0.717, 1.165) is 19.2 Å². The van der Waals surface area contributed by atoms with Crippen LogP contribution in [0.2, 0.25) is 10.0 Å². The van der Waals surface area contributed by atoms with Gasteiger partial charge >= 0.3 is 5.97 Å².